The van der Waals surface area contributed by atoms with Crippen LogP contribution in [0.5, 0.6) is 0 Å². The Kier molecular flexibility index (Phi) is 4.68. The molecule has 5 nitrogen and oxygen atoms in total. The van der Waals surface area contributed by atoms with E-state index in [9.17, 15) is 9.59 Å². The number of nitrogens with one attached hydrogen (secondary N) is 1. The highest BCUT2D eigenvalue weighted by atomic mass is 16.1. The lowest BCUT2D eigenvalue weighted by Crippen LogP contribution is -2.48. The molecular weight excluding hydrogens is 338 g/mol. The van der Waals surface area contributed by atoms with Gasteiger partial charge in [-0.05, 0) is 12.1 Å². The lowest BCUT2D eigenvalue weighted by Gasteiger charge is -2.22. The summed E-state index contributed by atoms with van der Waals surface area (Å²) in [5.74, 6) is 0.0169. The lowest BCUT2D eigenvalue weighted by molar-refractivity contribution is 0.0996. The van der Waals surface area contributed by atoms with Gasteiger partial charge in [-0.25, -0.2) is 0 Å². The first-order valence-electron chi connectivity index (χ1n) is 8.79. The molecule has 0 saturated heterocycles. The Labute approximate surface area is 157 Å². The van der Waals surface area contributed by atoms with Crippen molar-refractivity contribution in [3.05, 3.63) is 96.1 Å². The second-order valence-electron chi connectivity index (χ2n) is 6.34. The largest absolute Gasteiger partial charge is 0.292 e. The van der Waals surface area contributed by atoms with Crippen molar-refractivity contribution in [2.45, 2.75) is 0 Å². The van der Waals surface area contributed by atoms with Gasteiger partial charge in [0.1, 0.15) is 0 Å². The summed E-state index contributed by atoms with van der Waals surface area (Å²) in [6.07, 6.45) is 0. The molecular formula is C22H19N3O2. The van der Waals surface area contributed by atoms with E-state index < -0.39 is 0 Å². The third-order valence-corrected chi connectivity index (χ3v) is 4.50. The normalized spacial score (nSPS) is 12.7. The van der Waals surface area contributed by atoms with Gasteiger partial charge in [-0.1, -0.05) is 72.8 Å². The number of fused-ring (bicyclic) bond motifs is 1. The minimum Gasteiger partial charge on any atom is -0.292 e. The van der Waals surface area contributed by atoms with Crippen LogP contribution in [0.3, 0.4) is 0 Å². The lowest BCUT2D eigenvalue weighted by atomic mass is 10.1. The molecule has 1 aliphatic rings. The molecule has 0 fully saturated rings. The molecule has 0 aliphatic carbocycles. The molecule has 0 aromatic heterocycles. The molecule has 0 unspecified atom stereocenters. The number of anilines is 2. The highest BCUT2D eigenvalue weighted by Gasteiger charge is 2.28. The predicted octanol–water partition coefficient (Wildman–Crippen LogP) is 3.50. The summed E-state index contributed by atoms with van der Waals surface area (Å²) in [5, 5.41) is 3.56. The number of hydrogen-bond donors (Lipinski definition) is 1. The average molecular weight is 357 g/mol. The van der Waals surface area contributed by atoms with Gasteiger partial charge in [0, 0.05) is 11.1 Å². The number of benzene rings is 3. The zero-order chi connectivity index (χ0) is 18.6. The molecule has 4 rings (SSSR count). The number of Topliss-reactive ketones (excluding diaryl/α,β-unsaturated/α-hetero) is 2. The maximum atomic E-state index is 12.6. The van der Waals surface area contributed by atoms with Crippen molar-refractivity contribution in [3.63, 3.8) is 0 Å². The third-order valence-electron chi connectivity index (χ3n) is 4.50. The van der Waals surface area contributed by atoms with Gasteiger partial charge < -0.3 is 0 Å². The van der Waals surface area contributed by atoms with E-state index >= 15 is 0 Å². The molecule has 0 atom stereocenters. The Morgan fingerprint density at radius 2 is 0.963 bits per heavy atom. The van der Waals surface area contributed by atoms with Gasteiger partial charge in [-0.3, -0.25) is 19.6 Å². The van der Waals surface area contributed by atoms with Crippen LogP contribution < -0.4 is 15.6 Å². The summed E-state index contributed by atoms with van der Waals surface area (Å²) < 4.78 is 0. The summed E-state index contributed by atoms with van der Waals surface area (Å²) in [4.78, 5) is 25.2. The van der Waals surface area contributed by atoms with Crippen molar-refractivity contribution in [1.29, 1.82) is 0 Å². The molecule has 134 valence electrons. The highest BCUT2D eigenvalue weighted by molar-refractivity contribution is 6.01. The van der Waals surface area contributed by atoms with Crippen LogP contribution in [0.15, 0.2) is 84.9 Å². The molecule has 5 heteroatoms. The summed E-state index contributed by atoms with van der Waals surface area (Å²) in [6, 6.07) is 26.1. The van der Waals surface area contributed by atoms with Crippen LogP contribution in [0.25, 0.3) is 0 Å². The number of para-hydroxylation sites is 2. The molecule has 1 heterocycles. The van der Waals surface area contributed by atoms with Crippen molar-refractivity contribution < 1.29 is 9.59 Å². The zero-order valence-electron chi connectivity index (χ0n) is 14.7. The maximum absolute atomic E-state index is 12.6. The summed E-state index contributed by atoms with van der Waals surface area (Å²) in [7, 11) is 0. The van der Waals surface area contributed by atoms with Gasteiger partial charge in [0.2, 0.25) is 0 Å². The van der Waals surface area contributed by atoms with Crippen LogP contribution in [-0.2, 0) is 0 Å². The fourth-order valence-electron chi connectivity index (χ4n) is 3.13. The predicted molar refractivity (Wildman–Crippen MR) is 106 cm³/mol. The monoisotopic (exact) mass is 357 g/mol. The van der Waals surface area contributed by atoms with Crippen molar-refractivity contribution in [2.24, 2.45) is 0 Å². The minimum atomic E-state index is 0.00846. The van der Waals surface area contributed by atoms with E-state index in [2.05, 4.69) is 5.53 Å². The van der Waals surface area contributed by atoms with Crippen molar-refractivity contribution in [3.8, 4) is 0 Å². The summed E-state index contributed by atoms with van der Waals surface area (Å²) >= 11 is 0. The third kappa shape index (κ3) is 3.59. The van der Waals surface area contributed by atoms with E-state index in [-0.39, 0.29) is 24.7 Å². The number of rotatable bonds is 6. The first kappa shape index (κ1) is 17.0. The summed E-state index contributed by atoms with van der Waals surface area (Å²) in [6.45, 7) is 0.355. The van der Waals surface area contributed by atoms with Crippen molar-refractivity contribution in [1.82, 2.24) is 5.53 Å². The molecule has 0 saturated carbocycles. The van der Waals surface area contributed by atoms with E-state index in [0.29, 0.717) is 11.1 Å². The fraction of sp³-hybridized carbons (Fsp3) is 0.0909. The van der Waals surface area contributed by atoms with Crippen molar-refractivity contribution >= 4 is 22.9 Å². The van der Waals surface area contributed by atoms with Gasteiger partial charge in [0.15, 0.2) is 11.6 Å². The van der Waals surface area contributed by atoms with E-state index in [1.54, 1.807) is 34.3 Å². The van der Waals surface area contributed by atoms with E-state index in [1.165, 1.54) is 0 Å². The standard InChI is InChI=1S/C22H19N3O2/c26-21(17-9-3-1-4-10-17)15-24-19-13-7-8-14-20(19)25(23-24)16-22(27)18-11-5-2-6-12-18/h1-14,23H,15-16H2. The average Bonchev–Trinajstić information content (AvgIpc) is 3.06. The SMILES string of the molecule is O=C(CN1NN(CC(=O)c2ccccc2)c2ccccc21)c1ccccc1. The molecule has 0 spiro atoms. The first-order valence-corrected chi connectivity index (χ1v) is 8.79. The Balaban J connectivity index is 1.52. The fourth-order valence-corrected chi connectivity index (χ4v) is 3.13. The quantitative estimate of drug-likeness (QED) is 0.685. The Morgan fingerprint density at radius 1 is 0.593 bits per heavy atom. The van der Waals surface area contributed by atoms with Gasteiger partial charge in [0.25, 0.3) is 0 Å². The Bertz CT molecular complexity index is 879. The van der Waals surface area contributed by atoms with Crippen LogP contribution in [0.1, 0.15) is 20.7 Å². The number of hydrogen-bond acceptors (Lipinski definition) is 5. The molecule has 1 aliphatic heterocycles. The smallest absolute Gasteiger partial charge is 0.183 e. The van der Waals surface area contributed by atoms with Crippen LogP contribution in [0.4, 0.5) is 11.4 Å². The number of carbonyl (C=O) groups is 2. The molecule has 0 bridgehead atoms. The van der Waals surface area contributed by atoms with Gasteiger partial charge in [-0.15, -0.1) is 5.53 Å². The van der Waals surface area contributed by atoms with Crippen LogP contribution in [-0.4, -0.2) is 24.7 Å². The Morgan fingerprint density at radius 3 is 1.37 bits per heavy atom. The zero-order valence-corrected chi connectivity index (χ0v) is 14.7. The van der Waals surface area contributed by atoms with E-state index in [1.807, 2.05) is 60.7 Å². The second kappa shape index (κ2) is 7.43. The molecule has 27 heavy (non-hydrogen) atoms. The molecule has 1 N–H and O–H groups in total. The van der Waals surface area contributed by atoms with E-state index in [0.717, 1.165) is 11.4 Å². The Hall–Kier alpha value is -3.44. The topological polar surface area (TPSA) is 52.7 Å². The first-order chi connectivity index (χ1) is 13.2. The summed E-state index contributed by atoms with van der Waals surface area (Å²) in [5.41, 5.74) is 6.26. The second-order valence-corrected chi connectivity index (χ2v) is 6.34. The molecule has 3 aromatic rings. The van der Waals surface area contributed by atoms with Crippen LogP contribution in [0.2, 0.25) is 0 Å². The van der Waals surface area contributed by atoms with Gasteiger partial charge >= 0.3 is 0 Å². The van der Waals surface area contributed by atoms with E-state index in [4.69, 9.17) is 0 Å². The number of nitrogens with zero attached hydrogens (tertiary/aromatic N) is 2. The van der Waals surface area contributed by atoms with Crippen LogP contribution >= 0.6 is 0 Å². The van der Waals surface area contributed by atoms with Crippen LogP contribution in [0, 0.1) is 0 Å². The highest BCUT2D eigenvalue weighted by Crippen LogP contribution is 2.32. The number of carbonyl (C=O) groups excluding carboxylic acids is 2. The van der Waals surface area contributed by atoms with Gasteiger partial charge in [0.05, 0.1) is 24.5 Å². The maximum Gasteiger partial charge on any atom is 0.183 e. The molecule has 0 radical (unpaired) electrons. The van der Waals surface area contributed by atoms with Gasteiger partial charge in [-0.2, -0.15) is 0 Å². The molecule has 3 aromatic carbocycles. The molecule has 0 amide bonds. The number of ketones is 2. The number of hydrazine groups is 2. The van der Waals surface area contributed by atoms with Crippen molar-refractivity contribution in [2.75, 3.05) is 23.1 Å². The minimum absolute atomic E-state index is 0.00846.